The number of nitrogens with one attached hydrogen (secondary N) is 3. The average Bonchev–Trinajstić information content (AvgIpc) is 2.01. The molecule has 0 aromatic rings. The molecule has 0 fully saturated rings. The summed E-state index contributed by atoms with van der Waals surface area (Å²) >= 11 is 0. The van der Waals surface area contributed by atoms with Crippen molar-refractivity contribution in [3.05, 3.63) is 0 Å². The van der Waals surface area contributed by atoms with E-state index in [2.05, 4.69) is 14.8 Å². The molecule has 0 aromatic heterocycles. The zero-order valence-corrected chi connectivity index (χ0v) is 8.37. The molecule has 0 atom stereocenters. The predicted molar refractivity (Wildman–Crippen MR) is 49.1 cm³/mol. The standard InChI is InChI=1S/C6H17N3O2S/c1-3-4-8-12(10,11)9-6-5-7-2/h7-9H,3-6H2,1-2H3. The minimum absolute atomic E-state index is 0.412. The van der Waals surface area contributed by atoms with Gasteiger partial charge in [0.15, 0.2) is 0 Å². The highest BCUT2D eigenvalue weighted by molar-refractivity contribution is 7.87. The van der Waals surface area contributed by atoms with Crippen LogP contribution in [0, 0.1) is 0 Å². The average molecular weight is 195 g/mol. The smallest absolute Gasteiger partial charge is 0.276 e. The van der Waals surface area contributed by atoms with E-state index in [0.717, 1.165) is 6.42 Å². The van der Waals surface area contributed by atoms with Crippen molar-refractivity contribution in [2.45, 2.75) is 13.3 Å². The first-order chi connectivity index (χ1) is 5.62. The number of hydrogen-bond acceptors (Lipinski definition) is 3. The molecule has 0 radical (unpaired) electrons. The van der Waals surface area contributed by atoms with Crippen molar-refractivity contribution in [2.75, 3.05) is 26.7 Å². The molecule has 0 aliphatic heterocycles. The van der Waals surface area contributed by atoms with Crippen LogP contribution in [0.15, 0.2) is 0 Å². The van der Waals surface area contributed by atoms with Crippen LogP contribution in [0.5, 0.6) is 0 Å². The quantitative estimate of drug-likeness (QED) is 0.458. The Kier molecular flexibility index (Phi) is 6.27. The van der Waals surface area contributed by atoms with E-state index >= 15 is 0 Å². The molecule has 6 heteroatoms. The third-order valence-electron chi connectivity index (χ3n) is 1.21. The van der Waals surface area contributed by atoms with Crippen LogP contribution in [0.3, 0.4) is 0 Å². The molecule has 5 nitrogen and oxygen atoms in total. The van der Waals surface area contributed by atoms with E-state index in [9.17, 15) is 8.42 Å². The molecule has 74 valence electrons. The van der Waals surface area contributed by atoms with E-state index in [1.54, 1.807) is 7.05 Å². The Morgan fingerprint density at radius 1 is 1.08 bits per heavy atom. The van der Waals surface area contributed by atoms with Gasteiger partial charge in [0.25, 0.3) is 10.2 Å². The minimum Gasteiger partial charge on any atom is -0.318 e. The second-order valence-electron chi connectivity index (χ2n) is 2.40. The number of hydrogen-bond donors (Lipinski definition) is 3. The lowest BCUT2D eigenvalue weighted by Gasteiger charge is -2.06. The van der Waals surface area contributed by atoms with Gasteiger partial charge in [0.2, 0.25) is 0 Å². The lowest BCUT2D eigenvalue weighted by atomic mass is 10.5. The second kappa shape index (κ2) is 6.36. The van der Waals surface area contributed by atoms with Crippen LogP contribution in [-0.4, -0.2) is 35.1 Å². The molecular formula is C6H17N3O2S. The van der Waals surface area contributed by atoms with Crippen molar-refractivity contribution < 1.29 is 8.42 Å². The molecule has 0 spiro atoms. The van der Waals surface area contributed by atoms with Gasteiger partial charge in [-0.3, -0.25) is 0 Å². The van der Waals surface area contributed by atoms with Crippen LogP contribution in [0.2, 0.25) is 0 Å². The minimum atomic E-state index is -3.26. The van der Waals surface area contributed by atoms with Gasteiger partial charge in [0.05, 0.1) is 0 Å². The number of likely N-dealkylation sites (N-methyl/N-ethyl adjacent to an activating group) is 1. The van der Waals surface area contributed by atoms with Crippen molar-refractivity contribution >= 4 is 10.2 Å². The first-order valence-corrected chi connectivity index (χ1v) is 5.49. The molecular weight excluding hydrogens is 178 g/mol. The van der Waals surface area contributed by atoms with Gasteiger partial charge in [-0.2, -0.15) is 8.42 Å². The van der Waals surface area contributed by atoms with Gasteiger partial charge in [-0.25, -0.2) is 9.44 Å². The van der Waals surface area contributed by atoms with Gasteiger partial charge in [-0.15, -0.1) is 0 Å². The third kappa shape index (κ3) is 6.53. The van der Waals surface area contributed by atoms with Crippen LogP contribution in [-0.2, 0) is 10.2 Å². The molecule has 0 aromatic carbocycles. The first kappa shape index (κ1) is 11.8. The van der Waals surface area contributed by atoms with Gasteiger partial charge in [-0.05, 0) is 13.5 Å². The molecule has 0 bridgehead atoms. The van der Waals surface area contributed by atoms with Crippen molar-refractivity contribution in [3.63, 3.8) is 0 Å². The van der Waals surface area contributed by atoms with Gasteiger partial charge in [-0.1, -0.05) is 6.92 Å². The van der Waals surface area contributed by atoms with Gasteiger partial charge >= 0.3 is 0 Å². The van der Waals surface area contributed by atoms with E-state index in [0.29, 0.717) is 19.6 Å². The Balaban J connectivity index is 3.58. The summed E-state index contributed by atoms with van der Waals surface area (Å²) in [7, 11) is -1.48. The third-order valence-corrected chi connectivity index (χ3v) is 2.38. The van der Waals surface area contributed by atoms with E-state index < -0.39 is 10.2 Å². The molecule has 0 amide bonds. The van der Waals surface area contributed by atoms with Crippen LogP contribution in [0.25, 0.3) is 0 Å². The lowest BCUT2D eigenvalue weighted by Crippen LogP contribution is -2.39. The highest BCUT2D eigenvalue weighted by Gasteiger charge is 2.05. The summed E-state index contributed by atoms with van der Waals surface area (Å²) in [5.74, 6) is 0. The Morgan fingerprint density at radius 3 is 2.17 bits per heavy atom. The Morgan fingerprint density at radius 2 is 1.67 bits per heavy atom. The van der Waals surface area contributed by atoms with Crippen molar-refractivity contribution in [3.8, 4) is 0 Å². The summed E-state index contributed by atoms with van der Waals surface area (Å²) in [6.45, 7) is 3.44. The zero-order valence-electron chi connectivity index (χ0n) is 7.55. The molecule has 12 heavy (non-hydrogen) atoms. The van der Waals surface area contributed by atoms with Crippen LogP contribution < -0.4 is 14.8 Å². The summed E-state index contributed by atoms with van der Waals surface area (Å²) in [4.78, 5) is 0. The highest BCUT2D eigenvalue weighted by atomic mass is 32.2. The molecule has 0 aliphatic carbocycles. The fourth-order valence-electron chi connectivity index (χ4n) is 0.598. The SMILES string of the molecule is CCCNS(=O)(=O)NCCNC. The summed E-state index contributed by atoms with van der Waals surface area (Å²) in [6.07, 6.45) is 0.799. The van der Waals surface area contributed by atoms with Crippen LogP contribution >= 0.6 is 0 Å². The molecule has 3 N–H and O–H groups in total. The molecule has 0 rings (SSSR count). The molecule has 0 aliphatic rings. The van der Waals surface area contributed by atoms with Crippen LogP contribution in [0.4, 0.5) is 0 Å². The largest absolute Gasteiger partial charge is 0.318 e. The van der Waals surface area contributed by atoms with Crippen molar-refractivity contribution in [1.29, 1.82) is 0 Å². The van der Waals surface area contributed by atoms with E-state index in [-0.39, 0.29) is 0 Å². The van der Waals surface area contributed by atoms with Gasteiger partial charge in [0.1, 0.15) is 0 Å². The fraction of sp³-hybridized carbons (Fsp3) is 1.00. The predicted octanol–water partition coefficient (Wildman–Crippen LogP) is -0.960. The summed E-state index contributed by atoms with van der Waals surface area (Å²) in [5, 5.41) is 2.84. The Labute approximate surface area is 74.1 Å². The van der Waals surface area contributed by atoms with E-state index in [4.69, 9.17) is 0 Å². The van der Waals surface area contributed by atoms with E-state index in [1.165, 1.54) is 0 Å². The maximum absolute atomic E-state index is 11.0. The van der Waals surface area contributed by atoms with Gasteiger partial charge < -0.3 is 5.32 Å². The molecule has 0 saturated heterocycles. The monoisotopic (exact) mass is 195 g/mol. The van der Waals surface area contributed by atoms with E-state index in [1.807, 2.05) is 6.92 Å². The van der Waals surface area contributed by atoms with Crippen molar-refractivity contribution in [2.24, 2.45) is 0 Å². The zero-order chi connectivity index (χ0) is 9.45. The Bertz CT molecular complexity index is 191. The summed E-state index contributed by atoms with van der Waals surface area (Å²) < 4.78 is 26.8. The maximum atomic E-state index is 11.0. The van der Waals surface area contributed by atoms with Gasteiger partial charge in [0, 0.05) is 19.6 Å². The topological polar surface area (TPSA) is 70.2 Å². The first-order valence-electron chi connectivity index (χ1n) is 4.01. The second-order valence-corrected chi connectivity index (χ2v) is 3.98. The fourth-order valence-corrected chi connectivity index (χ4v) is 1.54. The highest BCUT2D eigenvalue weighted by Crippen LogP contribution is 1.77. The molecule has 0 heterocycles. The number of rotatable bonds is 7. The van der Waals surface area contributed by atoms with Crippen LogP contribution in [0.1, 0.15) is 13.3 Å². The van der Waals surface area contributed by atoms with Crippen molar-refractivity contribution in [1.82, 2.24) is 14.8 Å². The summed E-state index contributed by atoms with van der Waals surface area (Å²) in [5.41, 5.74) is 0. The normalized spacial score (nSPS) is 11.8. The maximum Gasteiger partial charge on any atom is 0.276 e. The Hall–Kier alpha value is -0.170. The molecule has 0 unspecified atom stereocenters. The lowest BCUT2D eigenvalue weighted by molar-refractivity contribution is 0.564. The molecule has 0 saturated carbocycles. The summed E-state index contributed by atoms with van der Waals surface area (Å²) in [6, 6.07) is 0.